The lowest BCUT2D eigenvalue weighted by molar-refractivity contribution is -0.115. The largest absolute Gasteiger partial charge is 0.507 e. The summed E-state index contributed by atoms with van der Waals surface area (Å²) in [5.74, 6) is -1.07. The number of nitrogens with zero attached hydrogens (tertiary/aromatic N) is 2. The first-order valence-electron chi connectivity index (χ1n) is 7.68. The molecule has 132 valence electrons. The summed E-state index contributed by atoms with van der Waals surface area (Å²) in [7, 11) is 0. The van der Waals surface area contributed by atoms with E-state index >= 15 is 0 Å². The molecule has 0 aliphatic heterocycles. The molecule has 8 nitrogen and oxygen atoms in total. The van der Waals surface area contributed by atoms with Crippen LogP contribution in [0.25, 0.3) is 11.5 Å². The lowest BCUT2D eigenvalue weighted by Crippen LogP contribution is -2.16. The highest BCUT2D eigenvalue weighted by Crippen LogP contribution is 2.30. The van der Waals surface area contributed by atoms with Crippen molar-refractivity contribution in [3.63, 3.8) is 0 Å². The van der Waals surface area contributed by atoms with Crippen molar-refractivity contribution in [1.29, 1.82) is 0 Å². The predicted molar refractivity (Wildman–Crippen MR) is 91.9 cm³/mol. The lowest BCUT2D eigenvalue weighted by Gasteiger charge is -2.09. The first kappa shape index (κ1) is 17.2. The third-order valence-electron chi connectivity index (χ3n) is 3.64. The van der Waals surface area contributed by atoms with Crippen LogP contribution < -0.4 is 5.32 Å². The van der Waals surface area contributed by atoms with Crippen LogP contribution in [-0.4, -0.2) is 32.3 Å². The number of carbonyl (C=O) groups excluding carboxylic acids is 1. The molecule has 0 spiro atoms. The molecule has 1 aromatic heterocycles. The van der Waals surface area contributed by atoms with E-state index in [9.17, 15) is 19.8 Å². The van der Waals surface area contributed by atoms with Crippen molar-refractivity contribution in [2.24, 2.45) is 0 Å². The van der Waals surface area contributed by atoms with Crippen molar-refractivity contribution >= 4 is 17.6 Å². The van der Waals surface area contributed by atoms with Crippen molar-refractivity contribution < 1.29 is 24.2 Å². The average molecular weight is 353 g/mol. The molecule has 0 atom stereocenters. The van der Waals surface area contributed by atoms with E-state index in [0.29, 0.717) is 17.1 Å². The number of carboxylic acid groups (broad SMARTS) is 1. The molecule has 0 aliphatic rings. The Morgan fingerprint density at radius 1 is 1.15 bits per heavy atom. The molecule has 0 bridgehead atoms. The Hall–Kier alpha value is -3.68. The number of phenolic OH excluding ortho intramolecular Hbond substituents is 1. The summed E-state index contributed by atoms with van der Waals surface area (Å²) in [5, 5.41) is 29.4. The zero-order valence-electron chi connectivity index (χ0n) is 13.8. The summed E-state index contributed by atoms with van der Waals surface area (Å²) < 4.78 is 5.29. The van der Waals surface area contributed by atoms with Gasteiger partial charge in [0.05, 0.1) is 17.5 Å². The minimum Gasteiger partial charge on any atom is -0.507 e. The first-order valence-corrected chi connectivity index (χ1v) is 7.68. The monoisotopic (exact) mass is 353 g/mol. The van der Waals surface area contributed by atoms with Crippen molar-refractivity contribution in [1.82, 2.24) is 10.2 Å². The second-order valence-corrected chi connectivity index (χ2v) is 5.55. The molecule has 26 heavy (non-hydrogen) atoms. The van der Waals surface area contributed by atoms with Gasteiger partial charge in [-0.25, -0.2) is 4.79 Å². The van der Waals surface area contributed by atoms with E-state index < -0.39 is 11.9 Å². The first-order chi connectivity index (χ1) is 12.4. The number of benzene rings is 2. The van der Waals surface area contributed by atoms with Crippen molar-refractivity contribution in [2.75, 3.05) is 5.32 Å². The fourth-order valence-electron chi connectivity index (χ4n) is 2.45. The molecule has 1 heterocycles. The summed E-state index contributed by atoms with van der Waals surface area (Å²) in [6.07, 6.45) is -0.0989. The summed E-state index contributed by atoms with van der Waals surface area (Å²) in [6, 6.07) is 10.7. The van der Waals surface area contributed by atoms with Crippen molar-refractivity contribution in [3.8, 4) is 17.2 Å². The molecule has 0 aliphatic carbocycles. The number of carboxylic acids is 1. The van der Waals surface area contributed by atoms with Crippen LogP contribution in [-0.2, 0) is 11.2 Å². The number of rotatable bonds is 5. The quantitative estimate of drug-likeness (QED) is 0.602. The van der Waals surface area contributed by atoms with Crippen LogP contribution in [0, 0.1) is 6.92 Å². The molecular formula is C18H15N3O5. The van der Waals surface area contributed by atoms with Gasteiger partial charge in [0.25, 0.3) is 5.89 Å². The number of hydrogen-bond acceptors (Lipinski definition) is 6. The molecule has 3 rings (SSSR count). The van der Waals surface area contributed by atoms with Crippen LogP contribution in [0.5, 0.6) is 5.75 Å². The maximum Gasteiger partial charge on any atom is 0.335 e. The fourth-order valence-corrected chi connectivity index (χ4v) is 2.45. The van der Waals surface area contributed by atoms with E-state index in [1.165, 1.54) is 24.3 Å². The van der Waals surface area contributed by atoms with Gasteiger partial charge in [-0.2, -0.15) is 0 Å². The second kappa shape index (κ2) is 7.06. The molecule has 2 aromatic carbocycles. The highest BCUT2D eigenvalue weighted by atomic mass is 16.4. The molecule has 8 heteroatoms. The third kappa shape index (κ3) is 3.69. The van der Waals surface area contributed by atoms with Gasteiger partial charge in [0, 0.05) is 12.6 Å². The average Bonchev–Trinajstić information content (AvgIpc) is 3.03. The summed E-state index contributed by atoms with van der Waals surface area (Å²) in [4.78, 5) is 23.5. The van der Waals surface area contributed by atoms with E-state index in [4.69, 9.17) is 4.42 Å². The summed E-state index contributed by atoms with van der Waals surface area (Å²) >= 11 is 0. The number of amides is 1. The molecule has 0 radical (unpaired) electrons. The van der Waals surface area contributed by atoms with Gasteiger partial charge in [-0.05, 0) is 29.8 Å². The van der Waals surface area contributed by atoms with E-state index in [1.807, 2.05) is 0 Å². The SMILES string of the molecule is Cc1nnc(-c2cc(NC(=O)Cc3ccccc3C(=O)O)ccc2O)o1. The van der Waals surface area contributed by atoms with E-state index in [1.54, 1.807) is 25.1 Å². The molecule has 0 saturated carbocycles. The molecular weight excluding hydrogens is 338 g/mol. The van der Waals surface area contributed by atoms with Gasteiger partial charge >= 0.3 is 5.97 Å². The standard InChI is InChI=1S/C18H15N3O5/c1-10-20-21-17(26-10)14-9-12(6-7-15(14)22)19-16(23)8-11-4-2-3-5-13(11)18(24)25/h2-7,9,22H,8H2,1H3,(H,19,23)(H,24,25). The van der Waals surface area contributed by atoms with Gasteiger partial charge in [0.1, 0.15) is 5.75 Å². The smallest absolute Gasteiger partial charge is 0.335 e. The van der Waals surface area contributed by atoms with Gasteiger partial charge in [0.15, 0.2) is 0 Å². The lowest BCUT2D eigenvalue weighted by atomic mass is 10.0. The zero-order valence-corrected chi connectivity index (χ0v) is 13.8. The van der Waals surface area contributed by atoms with Crippen LogP contribution in [0.2, 0.25) is 0 Å². The van der Waals surface area contributed by atoms with Crippen LogP contribution in [0.4, 0.5) is 5.69 Å². The van der Waals surface area contributed by atoms with E-state index in [-0.39, 0.29) is 29.2 Å². The van der Waals surface area contributed by atoms with Crippen molar-refractivity contribution in [3.05, 3.63) is 59.5 Å². The summed E-state index contributed by atoms with van der Waals surface area (Å²) in [6.45, 7) is 1.62. The van der Waals surface area contributed by atoms with Gasteiger partial charge in [-0.3, -0.25) is 4.79 Å². The number of aromatic carboxylic acids is 1. The number of aromatic hydroxyl groups is 1. The predicted octanol–water partition coefficient (Wildman–Crippen LogP) is 2.63. The maximum atomic E-state index is 12.3. The Morgan fingerprint density at radius 3 is 2.62 bits per heavy atom. The van der Waals surface area contributed by atoms with E-state index in [0.717, 1.165) is 0 Å². The third-order valence-corrected chi connectivity index (χ3v) is 3.64. The summed E-state index contributed by atoms with van der Waals surface area (Å²) in [5.41, 5.74) is 1.18. The topological polar surface area (TPSA) is 126 Å². The number of carbonyl (C=O) groups is 2. The second-order valence-electron chi connectivity index (χ2n) is 5.55. The Balaban J connectivity index is 1.79. The highest BCUT2D eigenvalue weighted by molar-refractivity contribution is 5.96. The normalized spacial score (nSPS) is 10.5. The molecule has 3 aromatic rings. The minimum atomic E-state index is -1.09. The van der Waals surface area contributed by atoms with Gasteiger partial charge in [0.2, 0.25) is 11.8 Å². The van der Waals surface area contributed by atoms with Gasteiger partial charge < -0.3 is 19.9 Å². The Labute approximate surface area is 148 Å². The fraction of sp³-hybridized carbons (Fsp3) is 0.111. The van der Waals surface area contributed by atoms with Crippen molar-refractivity contribution in [2.45, 2.75) is 13.3 Å². The molecule has 0 saturated heterocycles. The Bertz CT molecular complexity index is 980. The number of nitrogens with one attached hydrogen (secondary N) is 1. The number of aryl methyl sites for hydroxylation is 1. The Morgan fingerprint density at radius 2 is 1.92 bits per heavy atom. The number of aromatic nitrogens is 2. The molecule has 0 fully saturated rings. The highest BCUT2D eigenvalue weighted by Gasteiger charge is 2.15. The number of phenols is 1. The molecule has 3 N–H and O–H groups in total. The number of anilines is 1. The maximum absolute atomic E-state index is 12.3. The van der Waals surface area contributed by atoms with Crippen LogP contribution in [0.1, 0.15) is 21.8 Å². The Kier molecular flexibility index (Phi) is 4.66. The van der Waals surface area contributed by atoms with Gasteiger partial charge in [-0.15, -0.1) is 10.2 Å². The number of hydrogen-bond donors (Lipinski definition) is 3. The molecule has 1 amide bonds. The van der Waals surface area contributed by atoms with Gasteiger partial charge in [-0.1, -0.05) is 18.2 Å². The van der Waals surface area contributed by atoms with Crippen LogP contribution in [0.3, 0.4) is 0 Å². The van der Waals surface area contributed by atoms with E-state index in [2.05, 4.69) is 15.5 Å². The minimum absolute atomic E-state index is 0.0668. The van der Waals surface area contributed by atoms with Crippen LogP contribution in [0.15, 0.2) is 46.9 Å². The zero-order chi connectivity index (χ0) is 18.7. The van der Waals surface area contributed by atoms with Crippen LogP contribution >= 0.6 is 0 Å². The molecule has 0 unspecified atom stereocenters.